The number of benzene rings is 1. The van der Waals surface area contributed by atoms with Crippen LogP contribution in [0.15, 0.2) is 24.3 Å². The minimum atomic E-state index is -0.277. The fourth-order valence-electron chi connectivity index (χ4n) is 1.69. The maximum Gasteiger partial charge on any atom is 0.251 e. The van der Waals surface area contributed by atoms with Crippen LogP contribution in [-0.2, 0) is 4.79 Å². The molecule has 0 fully saturated rings. The molecule has 0 radical (unpaired) electrons. The van der Waals surface area contributed by atoms with Crippen molar-refractivity contribution in [1.82, 2.24) is 10.6 Å². The lowest BCUT2D eigenvalue weighted by atomic mass is 10.1. The van der Waals surface area contributed by atoms with Crippen LogP contribution in [0.3, 0.4) is 0 Å². The van der Waals surface area contributed by atoms with Crippen LogP contribution in [0.5, 0.6) is 0 Å². The smallest absolute Gasteiger partial charge is 0.251 e. The molecule has 5 nitrogen and oxygen atoms in total. The summed E-state index contributed by atoms with van der Waals surface area (Å²) in [7, 11) is 0. The molecule has 5 heteroatoms. The Morgan fingerprint density at radius 3 is 2.52 bits per heavy atom. The molecule has 0 heterocycles. The molecule has 1 aromatic rings. The first-order valence-corrected chi connectivity index (χ1v) is 7.25. The van der Waals surface area contributed by atoms with Gasteiger partial charge in [-0.25, -0.2) is 0 Å². The standard InChI is InChI=1S/C16H25N3O2/c1-5-9-17-14(20)11-18-13-8-6-7-12(10-13)15(21)19-16(2,3)4/h6-8,10,18H,5,9,11H2,1-4H3,(H,17,20)(H,19,21). The third kappa shape index (κ3) is 6.79. The maximum absolute atomic E-state index is 12.1. The average Bonchev–Trinajstić information content (AvgIpc) is 2.41. The molecular formula is C16H25N3O2. The van der Waals surface area contributed by atoms with Gasteiger partial charge in [-0.1, -0.05) is 13.0 Å². The van der Waals surface area contributed by atoms with Crippen molar-refractivity contribution in [2.45, 2.75) is 39.7 Å². The number of carbonyl (C=O) groups excluding carboxylic acids is 2. The quantitative estimate of drug-likeness (QED) is 0.752. The van der Waals surface area contributed by atoms with Gasteiger partial charge in [0.2, 0.25) is 5.91 Å². The minimum absolute atomic E-state index is 0.0543. The van der Waals surface area contributed by atoms with Crippen molar-refractivity contribution in [3.8, 4) is 0 Å². The third-order valence-electron chi connectivity index (χ3n) is 2.64. The van der Waals surface area contributed by atoms with E-state index in [-0.39, 0.29) is 23.9 Å². The fourth-order valence-corrected chi connectivity index (χ4v) is 1.69. The van der Waals surface area contributed by atoms with E-state index in [9.17, 15) is 9.59 Å². The highest BCUT2D eigenvalue weighted by atomic mass is 16.2. The molecule has 0 saturated carbocycles. The number of carbonyl (C=O) groups is 2. The van der Waals surface area contributed by atoms with E-state index in [0.29, 0.717) is 12.1 Å². The number of amides is 2. The highest BCUT2D eigenvalue weighted by Crippen LogP contribution is 2.11. The van der Waals surface area contributed by atoms with Crippen LogP contribution in [0, 0.1) is 0 Å². The van der Waals surface area contributed by atoms with Crippen LogP contribution in [0.1, 0.15) is 44.5 Å². The lowest BCUT2D eigenvalue weighted by Crippen LogP contribution is -2.40. The highest BCUT2D eigenvalue weighted by Gasteiger charge is 2.15. The summed E-state index contributed by atoms with van der Waals surface area (Å²) >= 11 is 0. The monoisotopic (exact) mass is 291 g/mol. The predicted molar refractivity (Wildman–Crippen MR) is 85.5 cm³/mol. The Kier molecular flexibility index (Phi) is 6.21. The van der Waals surface area contributed by atoms with Gasteiger partial charge in [0.1, 0.15) is 0 Å². The van der Waals surface area contributed by atoms with Gasteiger partial charge in [0.05, 0.1) is 6.54 Å². The lowest BCUT2D eigenvalue weighted by molar-refractivity contribution is -0.119. The summed E-state index contributed by atoms with van der Waals surface area (Å²) in [6.45, 7) is 8.69. The molecule has 0 aliphatic carbocycles. The van der Waals surface area contributed by atoms with E-state index < -0.39 is 0 Å². The van der Waals surface area contributed by atoms with E-state index in [1.165, 1.54) is 0 Å². The van der Waals surface area contributed by atoms with Gasteiger partial charge in [-0.2, -0.15) is 0 Å². The van der Waals surface area contributed by atoms with E-state index >= 15 is 0 Å². The Morgan fingerprint density at radius 1 is 1.19 bits per heavy atom. The Hall–Kier alpha value is -2.04. The topological polar surface area (TPSA) is 70.2 Å². The van der Waals surface area contributed by atoms with Gasteiger partial charge in [0.15, 0.2) is 0 Å². The molecule has 21 heavy (non-hydrogen) atoms. The molecule has 0 aliphatic rings. The van der Waals surface area contributed by atoms with Gasteiger partial charge in [-0.3, -0.25) is 9.59 Å². The number of hydrogen-bond acceptors (Lipinski definition) is 3. The summed E-state index contributed by atoms with van der Waals surface area (Å²) in [6, 6.07) is 7.13. The van der Waals surface area contributed by atoms with Crippen molar-refractivity contribution in [3.05, 3.63) is 29.8 Å². The molecule has 0 atom stereocenters. The van der Waals surface area contributed by atoms with Crippen molar-refractivity contribution in [3.63, 3.8) is 0 Å². The van der Waals surface area contributed by atoms with Gasteiger partial charge >= 0.3 is 0 Å². The van der Waals surface area contributed by atoms with Crippen molar-refractivity contribution >= 4 is 17.5 Å². The number of hydrogen-bond donors (Lipinski definition) is 3. The van der Waals surface area contributed by atoms with Gasteiger partial charge in [0, 0.05) is 23.3 Å². The second kappa shape index (κ2) is 7.67. The zero-order valence-corrected chi connectivity index (χ0v) is 13.2. The van der Waals surface area contributed by atoms with E-state index in [0.717, 1.165) is 12.1 Å². The van der Waals surface area contributed by atoms with Crippen LogP contribution in [-0.4, -0.2) is 30.4 Å². The Morgan fingerprint density at radius 2 is 1.90 bits per heavy atom. The molecule has 0 spiro atoms. The number of anilines is 1. The first-order valence-electron chi connectivity index (χ1n) is 7.25. The SMILES string of the molecule is CCCNC(=O)CNc1cccc(C(=O)NC(C)(C)C)c1. The minimum Gasteiger partial charge on any atom is -0.376 e. The fraction of sp³-hybridized carbons (Fsp3) is 0.500. The van der Waals surface area contributed by atoms with Gasteiger partial charge in [-0.15, -0.1) is 0 Å². The Balaban J connectivity index is 2.60. The van der Waals surface area contributed by atoms with Crippen LogP contribution in [0.2, 0.25) is 0 Å². The summed E-state index contributed by atoms with van der Waals surface area (Å²) < 4.78 is 0. The maximum atomic E-state index is 12.1. The molecule has 3 N–H and O–H groups in total. The third-order valence-corrected chi connectivity index (χ3v) is 2.64. The van der Waals surface area contributed by atoms with Crippen LogP contribution in [0.4, 0.5) is 5.69 Å². The summed E-state index contributed by atoms with van der Waals surface area (Å²) in [5, 5.41) is 8.72. The van der Waals surface area contributed by atoms with Crippen molar-refractivity contribution < 1.29 is 9.59 Å². The molecule has 0 bridgehead atoms. The summed E-state index contributed by atoms with van der Waals surface area (Å²) in [5.74, 6) is -0.178. The molecule has 1 rings (SSSR count). The molecule has 0 aliphatic heterocycles. The largest absolute Gasteiger partial charge is 0.376 e. The predicted octanol–water partition coefficient (Wildman–Crippen LogP) is 2.15. The zero-order chi connectivity index (χ0) is 15.9. The number of nitrogens with one attached hydrogen (secondary N) is 3. The van der Waals surface area contributed by atoms with Gasteiger partial charge in [0.25, 0.3) is 5.91 Å². The molecular weight excluding hydrogens is 266 g/mol. The molecule has 2 amide bonds. The van der Waals surface area contributed by atoms with E-state index in [1.807, 2.05) is 33.8 Å². The molecule has 1 aromatic carbocycles. The second-order valence-electron chi connectivity index (χ2n) is 5.99. The van der Waals surface area contributed by atoms with Crippen LogP contribution in [0.25, 0.3) is 0 Å². The van der Waals surface area contributed by atoms with Gasteiger partial charge < -0.3 is 16.0 Å². The van der Waals surface area contributed by atoms with E-state index in [2.05, 4.69) is 16.0 Å². The van der Waals surface area contributed by atoms with Crippen molar-refractivity contribution in [2.24, 2.45) is 0 Å². The second-order valence-corrected chi connectivity index (χ2v) is 5.99. The highest BCUT2D eigenvalue weighted by molar-refractivity contribution is 5.95. The summed E-state index contributed by atoms with van der Waals surface area (Å²) in [6.07, 6.45) is 0.911. The van der Waals surface area contributed by atoms with Crippen molar-refractivity contribution in [1.29, 1.82) is 0 Å². The first-order chi connectivity index (χ1) is 9.81. The van der Waals surface area contributed by atoms with E-state index in [1.54, 1.807) is 18.2 Å². The van der Waals surface area contributed by atoms with Crippen LogP contribution >= 0.6 is 0 Å². The van der Waals surface area contributed by atoms with Gasteiger partial charge in [-0.05, 0) is 45.4 Å². The lowest BCUT2D eigenvalue weighted by Gasteiger charge is -2.20. The van der Waals surface area contributed by atoms with E-state index in [4.69, 9.17) is 0 Å². The zero-order valence-electron chi connectivity index (χ0n) is 13.2. The normalized spacial score (nSPS) is 10.9. The molecule has 0 aromatic heterocycles. The number of rotatable bonds is 6. The molecule has 116 valence electrons. The van der Waals surface area contributed by atoms with Crippen LogP contribution < -0.4 is 16.0 Å². The molecule has 0 saturated heterocycles. The van der Waals surface area contributed by atoms with Crippen molar-refractivity contribution in [2.75, 3.05) is 18.4 Å². The summed E-state index contributed by atoms with van der Waals surface area (Å²) in [5.41, 5.74) is 1.05. The first kappa shape index (κ1) is 17.0. The average molecular weight is 291 g/mol. The Bertz CT molecular complexity index is 493. The summed E-state index contributed by atoms with van der Waals surface area (Å²) in [4.78, 5) is 23.6. The molecule has 0 unspecified atom stereocenters. The Labute approximate surface area is 126 Å².